The van der Waals surface area contributed by atoms with Gasteiger partial charge in [-0.25, -0.2) is 0 Å². The van der Waals surface area contributed by atoms with Crippen molar-refractivity contribution in [1.29, 1.82) is 0 Å². The molecule has 0 heterocycles. The van der Waals surface area contributed by atoms with Crippen LogP contribution in [0.3, 0.4) is 0 Å². The third-order valence-corrected chi connectivity index (χ3v) is 4.52. The van der Waals surface area contributed by atoms with Gasteiger partial charge in [-0.3, -0.25) is 0 Å². The Kier molecular flexibility index (Phi) is 6.72. The molecule has 1 atom stereocenters. The van der Waals surface area contributed by atoms with E-state index in [4.69, 9.17) is 0 Å². The highest BCUT2D eigenvalue weighted by molar-refractivity contribution is 7.99. The normalized spacial score (nSPS) is 13.3. The molecular formula is C16H26S. The van der Waals surface area contributed by atoms with E-state index < -0.39 is 0 Å². The third kappa shape index (κ3) is 6.16. The van der Waals surface area contributed by atoms with Crippen LogP contribution in [0.15, 0.2) is 30.3 Å². The van der Waals surface area contributed by atoms with Crippen LogP contribution < -0.4 is 0 Å². The molecule has 1 aromatic carbocycles. The van der Waals surface area contributed by atoms with Crippen molar-refractivity contribution in [2.45, 2.75) is 45.8 Å². The summed E-state index contributed by atoms with van der Waals surface area (Å²) in [7, 11) is 0. The Morgan fingerprint density at radius 2 is 1.65 bits per heavy atom. The molecule has 96 valence electrons. The van der Waals surface area contributed by atoms with Crippen molar-refractivity contribution in [2.75, 3.05) is 5.75 Å². The maximum Gasteiger partial charge on any atom is -0.000958 e. The zero-order valence-electron chi connectivity index (χ0n) is 11.6. The summed E-state index contributed by atoms with van der Waals surface area (Å²) >= 11 is 2.10. The van der Waals surface area contributed by atoms with Gasteiger partial charge in [0.15, 0.2) is 0 Å². The van der Waals surface area contributed by atoms with Gasteiger partial charge in [0, 0.05) is 0 Å². The molecule has 0 aliphatic heterocycles. The Labute approximate surface area is 111 Å². The van der Waals surface area contributed by atoms with Gasteiger partial charge in [0.1, 0.15) is 0 Å². The lowest BCUT2D eigenvalue weighted by molar-refractivity contribution is 0.399. The van der Waals surface area contributed by atoms with Gasteiger partial charge in [0.2, 0.25) is 0 Å². The molecule has 0 amide bonds. The molecule has 1 rings (SSSR count). The van der Waals surface area contributed by atoms with Gasteiger partial charge in [-0.2, -0.15) is 11.8 Å². The second kappa shape index (κ2) is 7.81. The second-order valence-electron chi connectivity index (χ2n) is 5.41. The smallest absolute Gasteiger partial charge is 0.000958 e. The lowest BCUT2D eigenvalue weighted by Gasteiger charge is -2.21. The predicted octanol–water partition coefficient (Wildman–Crippen LogP) is 5.03. The summed E-state index contributed by atoms with van der Waals surface area (Å²) in [6.07, 6.45) is 2.55. The van der Waals surface area contributed by atoms with Crippen molar-refractivity contribution >= 4 is 11.8 Å². The molecule has 1 aromatic rings. The van der Waals surface area contributed by atoms with Crippen LogP contribution in [-0.4, -0.2) is 11.0 Å². The van der Waals surface area contributed by atoms with Crippen molar-refractivity contribution in [3.05, 3.63) is 35.9 Å². The molecular weight excluding hydrogens is 224 g/mol. The fourth-order valence-electron chi connectivity index (χ4n) is 1.92. The number of aryl methyl sites for hydroxylation is 1. The molecule has 0 N–H and O–H groups in total. The Morgan fingerprint density at radius 1 is 1.00 bits per heavy atom. The molecule has 0 radical (unpaired) electrons. The molecule has 0 aliphatic carbocycles. The number of rotatable bonds is 7. The Balaban J connectivity index is 2.39. The molecule has 0 nitrogen and oxygen atoms in total. The van der Waals surface area contributed by atoms with Gasteiger partial charge in [0.25, 0.3) is 0 Å². The van der Waals surface area contributed by atoms with E-state index in [9.17, 15) is 0 Å². The summed E-state index contributed by atoms with van der Waals surface area (Å²) in [6, 6.07) is 10.9. The van der Waals surface area contributed by atoms with Crippen molar-refractivity contribution in [3.8, 4) is 0 Å². The molecule has 0 fully saturated rings. The number of hydrogen-bond donors (Lipinski definition) is 0. The van der Waals surface area contributed by atoms with Crippen molar-refractivity contribution < 1.29 is 0 Å². The van der Waals surface area contributed by atoms with Crippen molar-refractivity contribution in [1.82, 2.24) is 0 Å². The van der Waals surface area contributed by atoms with Gasteiger partial charge in [-0.15, -0.1) is 0 Å². The summed E-state index contributed by atoms with van der Waals surface area (Å²) < 4.78 is 0. The Bertz CT molecular complexity index is 290. The number of benzene rings is 1. The molecule has 17 heavy (non-hydrogen) atoms. The van der Waals surface area contributed by atoms with E-state index in [0.29, 0.717) is 0 Å². The zero-order valence-corrected chi connectivity index (χ0v) is 12.5. The first-order chi connectivity index (χ1) is 8.09. The fraction of sp³-hybridized carbons (Fsp3) is 0.625. The fourth-order valence-corrected chi connectivity index (χ4v) is 3.11. The minimum atomic E-state index is 0.757. The van der Waals surface area contributed by atoms with E-state index in [-0.39, 0.29) is 0 Å². The highest BCUT2D eigenvalue weighted by atomic mass is 32.2. The Hall–Kier alpha value is -0.430. The minimum absolute atomic E-state index is 0.757. The van der Waals surface area contributed by atoms with Gasteiger partial charge in [0.05, 0.1) is 0 Å². The molecule has 0 aromatic heterocycles. The molecule has 0 spiro atoms. The predicted molar refractivity (Wildman–Crippen MR) is 80.7 cm³/mol. The first-order valence-electron chi connectivity index (χ1n) is 6.75. The highest BCUT2D eigenvalue weighted by Crippen LogP contribution is 2.24. The van der Waals surface area contributed by atoms with Gasteiger partial charge in [-0.05, 0) is 41.2 Å². The summed E-state index contributed by atoms with van der Waals surface area (Å²) in [5.41, 5.74) is 1.48. The molecule has 0 aliphatic rings. The quantitative estimate of drug-likeness (QED) is 0.654. The summed E-state index contributed by atoms with van der Waals surface area (Å²) in [6.45, 7) is 9.30. The maximum atomic E-state index is 2.36. The Morgan fingerprint density at radius 3 is 2.18 bits per heavy atom. The number of thioether (sulfide) groups is 1. The highest BCUT2D eigenvalue weighted by Gasteiger charge is 2.14. The van der Waals surface area contributed by atoms with Crippen LogP contribution in [0.4, 0.5) is 0 Å². The summed E-state index contributed by atoms with van der Waals surface area (Å²) in [4.78, 5) is 0. The van der Waals surface area contributed by atoms with Crippen molar-refractivity contribution in [2.24, 2.45) is 11.8 Å². The average Bonchev–Trinajstić information content (AvgIpc) is 2.29. The van der Waals surface area contributed by atoms with Crippen LogP contribution in [0, 0.1) is 11.8 Å². The van der Waals surface area contributed by atoms with Crippen LogP contribution in [0.1, 0.15) is 39.7 Å². The van der Waals surface area contributed by atoms with E-state index in [1.165, 1.54) is 24.2 Å². The van der Waals surface area contributed by atoms with E-state index in [1.807, 2.05) is 0 Å². The zero-order chi connectivity index (χ0) is 12.7. The maximum absolute atomic E-state index is 2.36. The van der Waals surface area contributed by atoms with Crippen LogP contribution >= 0.6 is 11.8 Å². The molecule has 1 heteroatoms. The van der Waals surface area contributed by atoms with E-state index in [1.54, 1.807) is 0 Å². The summed E-state index contributed by atoms with van der Waals surface area (Å²) in [5, 5.41) is 0.757. The standard InChI is InChI=1S/C16H26S/c1-13(2)16(12-17-14(3)4)11-10-15-8-6-5-7-9-15/h5-9,13-14,16H,10-12H2,1-4H3. The molecule has 0 saturated carbocycles. The van der Waals surface area contributed by atoms with Crippen LogP contribution in [0.25, 0.3) is 0 Å². The minimum Gasteiger partial charge on any atom is -0.159 e. The van der Waals surface area contributed by atoms with E-state index >= 15 is 0 Å². The van der Waals surface area contributed by atoms with Crippen LogP contribution in [-0.2, 0) is 6.42 Å². The topological polar surface area (TPSA) is 0 Å². The van der Waals surface area contributed by atoms with Crippen LogP contribution in [0.2, 0.25) is 0 Å². The van der Waals surface area contributed by atoms with Gasteiger partial charge in [-0.1, -0.05) is 58.0 Å². The average molecular weight is 250 g/mol. The van der Waals surface area contributed by atoms with E-state index in [0.717, 1.165) is 17.1 Å². The molecule has 1 unspecified atom stereocenters. The van der Waals surface area contributed by atoms with Gasteiger partial charge < -0.3 is 0 Å². The van der Waals surface area contributed by atoms with Gasteiger partial charge >= 0.3 is 0 Å². The second-order valence-corrected chi connectivity index (χ2v) is 7.02. The van der Waals surface area contributed by atoms with Crippen molar-refractivity contribution in [3.63, 3.8) is 0 Å². The lowest BCUT2D eigenvalue weighted by atomic mass is 9.91. The molecule has 0 saturated heterocycles. The third-order valence-electron chi connectivity index (χ3n) is 3.23. The van der Waals surface area contributed by atoms with E-state index in [2.05, 4.69) is 69.8 Å². The largest absolute Gasteiger partial charge is 0.159 e. The number of hydrogen-bond acceptors (Lipinski definition) is 1. The van der Waals surface area contributed by atoms with Crippen LogP contribution in [0.5, 0.6) is 0 Å². The summed E-state index contributed by atoms with van der Waals surface area (Å²) in [5.74, 6) is 2.95. The monoisotopic (exact) mass is 250 g/mol. The lowest BCUT2D eigenvalue weighted by Crippen LogP contribution is -2.14. The SMILES string of the molecule is CC(C)SCC(CCc1ccccc1)C(C)C. The first-order valence-corrected chi connectivity index (χ1v) is 7.80. The molecule has 0 bridgehead atoms. The first kappa shape index (κ1) is 14.6.